The fourth-order valence-corrected chi connectivity index (χ4v) is 3.45. The number of aromatic hydroxyl groups is 1. The van der Waals surface area contributed by atoms with Crippen molar-refractivity contribution in [2.45, 2.75) is 59.2 Å². The van der Waals surface area contributed by atoms with E-state index >= 15 is 0 Å². The Balaban J connectivity index is 2.39. The van der Waals surface area contributed by atoms with Crippen LogP contribution in [0.25, 0.3) is 0 Å². The zero-order chi connectivity index (χ0) is 25.6. The number of aryl methyl sites for hydroxylation is 1. The van der Waals surface area contributed by atoms with Gasteiger partial charge in [-0.05, 0) is 51.3 Å². The van der Waals surface area contributed by atoms with Gasteiger partial charge >= 0.3 is 6.09 Å². The predicted molar refractivity (Wildman–Crippen MR) is 131 cm³/mol. The van der Waals surface area contributed by atoms with Gasteiger partial charge < -0.3 is 25.4 Å². The molecule has 0 bridgehead atoms. The number of benzene rings is 2. The first-order valence-electron chi connectivity index (χ1n) is 11.2. The average Bonchev–Trinajstić information content (AvgIpc) is 2.73. The van der Waals surface area contributed by atoms with Crippen molar-refractivity contribution >= 4 is 23.6 Å². The molecule has 0 saturated carbocycles. The summed E-state index contributed by atoms with van der Waals surface area (Å²) < 4.78 is 5.31. The van der Waals surface area contributed by atoms with Crippen molar-refractivity contribution in [1.29, 1.82) is 0 Å². The van der Waals surface area contributed by atoms with Gasteiger partial charge in [0.2, 0.25) is 5.91 Å². The van der Waals surface area contributed by atoms with Crippen LogP contribution in [0.1, 0.15) is 51.8 Å². The number of nitrogens with one attached hydrogen (secondary N) is 2. The molecule has 0 fully saturated rings. The van der Waals surface area contributed by atoms with E-state index in [9.17, 15) is 19.5 Å². The van der Waals surface area contributed by atoms with Gasteiger partial charge in [-0.1, -0.05) is 50.2 Å². The Kier molecular flexibility index (Phi) is 8.68. The van der Waals surface area contributed by atoms with Crippen LogP contribution < -0.4 is 10.6 Å². The van der Waals surface area contributed by atoms with Crippen molar-refractivity contribution in [2.75, 3.05) is 12.4 Å². The van der Waals surface area contributed by atoms with Crippen molar-refractivity contribution in [3.63, 3.8) is 0 Å². The minimum absolute atomic E-state index is 0.117. The topological polar surface area (TPSA) is 108 Å². The molecule has 2 atom stereocenters. The largest absolute Gasteiger partial charge is 0.508 e. The lowest BCUT2D eigenvalue weighted by atomic mass is 9.99. The lowest BCUT2D eigenvalue weighted by molar-refractivity contribution is -0.140. The third-order valence-corrected chi connectivity index (χ3v) is 5.22. The van der Waals surface area contributed by atoms with E-state index in [0.717, 1.165) is 5.56 Å². The number of carbonyl (C=O) groups excluding carboxylic acids is 3. The van der Waals surface area contributed by atoms with E-state index in [4.69, 9.17) is 4.74 Å². The number of hydrogen-bond donors (Lipinski definition) is 3. The molecule has 8 nitrogen and oxygen atoms in total. The fourth-order valence-electron chi connectivity index (χ4n) is 3.45. The summed E-state index contributed by atoms with van der Waals surface area (Å²) in [7, 11) is 1.48. The van der Waals surface area contributed by atoms with Crippen molar-refractivity contribution in [3.8, 4) is 5.75 Å². The Morgan fingerprint density at radius 3 is 2.15 bits per heavy atom. The second kappa shape index (κ2) is 11.0. The molecule has 3 amide bonds. The maximum Gasteiger partial charge on any atom is 0.408 e. The molecular formula is C26H35N3O5. The van der Waals surface area contributed by atoms with Crippen molar-refractivity contribution in [3.05, 3.63) is 59.7 Å². The molecule has 2 unspecified atom stereocenters. The Bertz CT molecular complexity index is 1030. The molecule has 0 aliphatic heterocycles. The lowest BCUT2D eigenvalue weighted by Gasteiger charge is -2.33. The monoisotopic (exact) mass is 469 g/mol. The standard InChI is InChI=1S/C26H35N3O5/c1-16(2)21(28-25(33)34-26(4,5)6)24(32)29(7)22(18-13-9-11-15-20(18)30)23(31)27-19-14-10-8-12-17(19)3/h8-16,21-22,30H,1-7H3,(H,27,31)(H,28,33). The number of hydrogen-bond acceptors (Lipinski definition) is 5. The molecule has 2 aromatic rings. The molecular weight excluding hydrogens is 434 g/mol. The van der Waals surface area contributed by atoms with Crippen LogP contribution in [0.2, 0.25) is 0 Å². The number of carbonyl (C=O) groups is 3. The van der Waals surface area contributed by atoms with E-state index < -0.39 is 35.6 Å². The number of phenols is 1. The lowest BCUT2D eigenvalue weighted by Crippen LogP contribution is -2.53. The maximum absolute atomic E-state index is 13.5. The quantitative estimate of drug-likeness (QED) is 0.557. The fraction of sp³-hybridized carbons (Fsp3) is 0.423. The molecule has 0 saturated heterocycles. The van der Waals surface area contributed by atoms with E-state index in [1.807, 2.05) is 19.1 Å². The molecule has 0 radical (unpaired) electrons. The zero-order valence-electron chi connectivity index (χ0n) is 20.9. The summed E-state index contributed by atoms with van der Waals surface area (Å²) in [6.07, 6.45) is -0.726. The molecule has 2 rings (SSSR count). The molecule has 0 heterocycles. The molecule has 184 valence electrons. The predicted octanol–water partition coefficient (Wildman–Crippen LogP) is 4.39. The van der Waals surface area contributed by atoms with Crippen LogP contribution in [0.3, 0.4) is 0 Å². The van der Waals surface area contributed by atoms with E-state index in [1.54, 1.807) is 65.0 Å². The van der Waals surface area contributed by atoms with Crippen molar-refractivity contribution < 1.29 is 24.2 Å². The van der Waals surface area contributed by atoms with Gasteiger partial charge in [-0.2, -0.15) is 0 Å². The SMILES string of the molecule is Cc1ccccc1NC(=O)C(c1ccccc1O)N(C)C(=O)C(NC(=O)OC(C)(C)C)C(C)C. The van der Waals surface area contributed by atoms with Gasteiger partial charge in [-0.25, -0.2) is 4.79 Å². The van der Waals surface area contributed by atoms with Gasteiger partial charge in [0.25, 0.3) is 5.91 Å². The molecule has 0 aromatic heterocycles. The average molecular weight is 470 g/mol. The molecule has 0 spiro atoms. The highest BCUT2D eigenvalue weighted by Gasteiger charge is 2.36. The Morgan fingerprint density at radius 2 is 1.59 bits per heavy atom. The van der Waals surface area contributed by atoms with Gasteiger partial charge in [-0.15, -0.1) is 0 Å². The summed E-state index contributed by atoms with van der Waals surface area (Å²) in [6, 6.07) is 11.6. The van der Waals surface area contributed by atoms with Crippen molar-refractivity contribution in [2.24, 2.45) is 5.92 Å². The minimum Gasteiger partial charge on any atom is -0.508 e. The highest BCUT2D eigenvalue weighted by molar-refractivity contribution is 5.99. The summed E-state index contributed by atoms with van der Waals surface area (Å²) in [5.41, 5.74) is 0.990. The Hall–Kier alpha value is -3.55. The maximum atomic E-state index is 13.5. The van der Waals surface area contributed by atoms with Crippen LogP contribution in [0.4, 0.5) is 10.5 Å². The first-order valence-corrected chi connectivity index (χ1v) is 11.2. The van der Waals surface area contributed by atoms with Crippen LogP contribution in [-0.2, 0) is 14.3 Å². The number of nitrogens with zero attached hydrogens (tertiary/aromatic N) is 1. The minimum atomic E-state index is -1.14. The summed E-state index contributed by atoms with van der Waals surface area (Å²) in [6.45, 7) is 10.6. The molecule has 0 aliphatic carbocycles. The first kappa shape index (κ1) is 26.7. The van der Waals surface area contributed by atoms with E-state index in [0.29, 0.717) is 5.69 Å². The second-order valence-electron chi connectivity index (χ2n) is 9.58. The Morgan fingerprint density at radius 1 is 1.00 bits per heavy atom. The number of anilines is 1. The number of amides is 3. The van der Waals surface area contributed by atoms with Gasteiger partial charge in [0.05, 0.1) is 0 Å². The number of likely N-dealkylation sites (N-methyl/N-ethyl adjacent to an activating group) is 1. The summed E-state index contributed by atoms with van der Waals surface area (Å²) in [5, 5.41) is 16.0. The van der Waals surface area contributed by atoms with Crippen LogP contribution in [0.15, 0.2) is 48.5 Å². The Labute approximate surface area is 201 Å². The van der Waals surface area contributed by atoms with Crippen LogP contribution in [-0.4, -0.2) is 46.6 Å². The van der Waals surface area contributed by atoms with E-state index in [1.165, 1.54) is 18.0 Å². The molecule has 2 aromatic carbocycles. The highest BCUT2D eigenvalue weighted by Crippen LogP contribution is 2.30. The second-order valence-corrected chi connectivity index (χ2v) is 9.58. The first-order chi connectivity index (χ1) is 15.8. The van der Waals surface area contributed by atoms with Gasteiger partial charge in [0.1, 0.15) is 23.4 Å². The van der Waals surface area contributed by atoms with Gasteiger partial charge in [0, 0.05) is 18.3 Å². The zero-order valence-corrected chi connectivity index (χ0v) is 20.9. The van der Waals surface area contributed by atoms with Crippen molar-refractivity contribution in [1.82, 2.24) is 10.2 Å². The van der Waals surface area contributed by atoms with Crippen LogP contribution in [0.5, 0.6) is 5.75 Å². The van der Waals surface area contributed by atoms with Gasteiger partial charge in [-0.3, -0.25) is 9.59 Å². The van der Waals surface area contributed by atoms with Crippen LogP contribution >= 0.6 is 0 Å². The smallest absolute Gasteiger partial charge is 0.408 e. The summed E-state index contributed by atoms with van der Waals surface area (Å²) in [4.78, 5) is 40.6. The number of rotatable bonds is 7. The summed E-state index contributed by atoms with van der Waals surface area (Å²) in [5.74, 6) is -1.39. The molecule has 3 N–H and O–H groups in total. The highest BCUT2D eigenvalue weighted by atomic mass is 16.6. The number of ether oxygens (including phenoxy) is 1. The third kappa shape index (κ3) is 6.97. The molecule has 8 heteroatoms. The number of alkyl carbamates (subject to hydrolysis) is 1. The van der Waals surface area contributed by atoms with E-state index in [2.05, 4.69) is 10.6 Å². The number of phenolic OH excluding ortho intramolecular Hbond substituents is 1. The molecule has 34 heavy (non-hydrogen) atoms. The van der Waals surface area contributed by atoms with E-state index in [-0.39, 0.29) is 17.2 Å². The summed E-state index contributed by atoms with van der Waals surface area (Å²) >= 11 is 0. The molecule has 0 aliphatic rings. The van der Waals surface area contributed by atoms with Crippen LogP contribution in [0, 0.1) is 12.8 Å². The normalized spacial score (nSPS) is 13.1. The number of para-hydroxylation sites is 2. The third-order valence-electron chi connectivity index (χ3n) is 5.22. The van der Waals surface area contributed by atoms with Gasteiger partial charge in [0.15, 0.2) is 0 Å².